The Hall–Kier alpha value is -2.97. The van der Waals surface area contributed by atoms with Crippen LogP contribution in [-0.2, 0) is 17.8 Å². The number of benzene rings is 1. The molecular formula is C21H22ClN5O3. The van der Waals surface area contributed by atoms with E-state index in [9.17, 15) is 4.79 Å². The predicted molar refractivity (Wildman–Crippen MR) is 112 cm³/mol. The highest BCUT2D eigenvalue weighted by Crippen LogP contribution is 2.27. The average Bonchev–Trinajstić information content (AvgIpc) is 3.17. The number of ether oxygens (including phenoxy) is 2. The average molecular weight is 428 g/mol. The van der Waals surface area contributed by atoms with Gasteiger partial charge in [0.15, 0.2) is 5.82 Å². The summed E-state index contributed by atoms with van der Waals surface area (Å²) in [5.41, 5.74) is 3.03. The number of aryl methyl sites for hydroxylation is 1. The summed E-state index contributed by atoms with van der Waals surface area (Å²) < 4.78 is 12.6. The number of fused-ring (bicyclic) bond motifs is 1. The lowest BCUT2D eigenvalue weighted by molar-refractivity contribution is 0.0380. The zero-order valence-electron chi connectivity index (χ0n) is 17.0. The first-order valence-electron chi connectivity index (χ1n) is 9.49. The number of imidazole rings is 1. The molecule has 4 rings (SSSR count). The maximum atomic E-state index is 13.4. The second-order valence-electron chi connectivity index (χ2n) is 7.17. The Labute approximate surface area is 179 Å². The van der Waals surface area contributed by atoms with E-state index < -0.39 is 0 Å². The van der Waals surface area contributed by atoms with Crippen molar-refractivity contribution >= 4 is 17.5 Å². The molecular weight excluding hydrogens is 406 g/mol. The van der Waals surface area contributed by atoms with Crippen LogP contribution in [0.4, 0.5) is 0 Å². The van der Waals surface area contributed by atoms with Gasteiger partial charge >= 0.3 is 0 Å². The Morgan fingerprint density at radius 1 is 1.27 bits per heavy atom. The van der Waals surface area contributed by atoms with E-state index in [4.69, 9.17) is 21.1 Å². The molecule has 0 aliphatic carbocycles. The van der Waals surface area contributed by atoms with Crippen LogP contribution in [0.1, 0.15) is 21.7 Å². The van der Waals surface area contributed by atoms with Crippen molar-refractivity contribution in [2.24, 2.45) is 0 Å². The normalized spacial score (nSPS) is 15.9. The SMILES string of the molecule is COCC1Cn2cc(-c3nc(Cl)ncc3C)nc2C(=O)N1Cc1cccc(OC)c1. The number of rotatable bonds is 6. The van der Waals surface area contributed by atoms with Crippen molar-refractivity contribution in [2.45, 2.75) is 26.1 Å². The highest BCUT2D eigenvalue weighted by Gasteiger charge is 2.34. The van der Waals surface area contributed by atoms with E-state index in [0.29, 0.717) is 36.9 Å². The lowest BCUT2D eigenvalue weighted by atomic mass is 10.1. The van der Waals surface area contributed by atoms with Crippen molar-refractivity contribution in [3.05, 3.63) is 58.9 Å². The molecule has 0 spiro atoms. The van der Waals surface area contributed by atoms with Crippen molar-refractivity contribution < 1.29 is 14.3 Å². The molecule has 3 heterocycles. The van der Waals surface area contributed by atoms with Crippen molar-refractivity contribution in [3.8, 4) is 17.1 Å². The Morgan fingerprint density at radius 3 is 2.87 bits per heavy atom. The third-order valence-corrected chi connectivity index (χ3v) is 5.29. The van der Waals surface area contributed by atoms with Gasteiger partial charge < -0.3 is 18.9 Å². The monoisotopic (exact) mass is 427 g/mol. The van der Waals surface area contributed by atoms with E-state index in [1.807, 2.05) is 42.0 Å². The van der Waals surface area contributed by atoms with Gasteiger partial charge in [-0.05, 0) is 41.8 Å². The fourth-order valence-electron chi connectivity index (χ4n) is 3.64. The van der Waals surface area contributed by atoms with E-state index in [0.717, 1.165) is 16.9 Å². The van der Waals surface area contributed by atoms with Gasteiger partial charge in [-0.2, -0.15) is 0 Å². The molecule has 30 heavy (non-hydrogen) atoms. The molecule has 1 aliphatic rings. The zero-order chi connectivity index (χ0) is 21.3. The first kappa shape index (κ1) is 20.3. The van der Waals surface area contributed by atoms with Crippen LogP contribution in [0.3, 0.4) is 0 Å². The summed E-state index contributed by atoms with van der Waals surface area (Å²) in [5, 5.41) is 0.143. The molecule has 9 heteroatoms. The number of methoxy groups -OCH3 is 2. The number of aromatic nitrogens is 4. The van der Waals surface area contributed by atoms with E-state index in [-0.39, 0.29) is 17.2 Å². The highest BCUT2D eigenvalue weighted by molar-refractivity contribution is 6.28. The summed E-state index contributed by atoms with van der Waals surface area (Å²) in [6.07, 6.45) is 3.48. The largest absolute Gasteiger partial charge is 0.497 e. The first-order chi connectivity index (χ1) is 14.5. The summed E-state index contributed by atoms with van der Waals surface area (Å²) in [7, 11) is 3.26. The van der Waals surface area contributed by atoms with E-state index in [2.05, 4.69) is 15.0 Å². The van der Waals surface area contributed by atoms with E-state index >= 15 is 0 Å². The molecule has 0 fully saturated rings. The van der Waals surface area contributed by atoms with E-state index in [1.165, 1.54) is 0 Å². The van der Waals surface area contributed by atoms with Crippen LogP contribution in [0.5, 0.6) is 5.75 Å². The number of amides is 1. The molecule has 156 valence electrons. The number of hydrogen-bond acceptors (Lipinski definition) is 6. The molecule has 0 radical (unpaired) electrons. The number of carbonyl (C=O) groups is 1. The van der Waals surface area contributed by atoms with E-state index in [1.54, 1.807) is 25.3 Å². The van der Waals surface area contributed by atoms with Gasteiger partial charge in [0.2, 0.25) is 5.28 Å². The summed E-state index contributed by atoms with van der Waals surface area (Å²) in [6.45, 7) is 3.31. The molecule has 8 nitrogen and oxygen atoms in total. The molecule has 1 unspecified atom stereocenters. The standard InChI is InChI=1S/C21H22ClN5O3/c1-13-8-23-21(22)25-18(13)17-11-26-10-15(12-29-2)27(20(28)19(26)24-17)9-14-5-4-6-16(7-14)30-3/h4-8,11,15H,9-10,12H2,1-3H3. The highest BCUT2D eigenvalue weighted by atomic mass is 35.5. The van der Waals surface area contributed by atoms with Crippen LogP contribution in [-0.4, -0.2) is 57.2 Å². The van der Waals surface area contributed by atoms with Crippen LogP contribution in [0.2, 0.25) is 5.28 Å². The van der Waals surface area contributed by atoms with Crippen LogP contribution in [0.15, 0.2) is 36.7 Å². The molecule has 0 N–H and O–H groups in total. The van der Waals surface area contributed by atoms with Crippen LogP contribution in [0.25, 0.3) is 11.4 Å². The van der Waals surface area contributed by atoms with Gasteiger partial charge in [-0.25, -0.2) is 15.0 Å². The third kappa shape index (κ3) is 3.88. The summed E-state index contributed by atoms with van der Waals surface area (Å²) in [5.74, 6) is 0.963. The minimum Gasteiger partial charge on any atom is -0.497 e. The maximum absolute atomic E-state index is 13.4. The second-order valence-corrected chi connectivity index (χ2v) is 7.50. The molecule has 3 aromatic rings. The molecule has 0 saturated carbocycles. The number of nitrogens with zero attached hydrogens (tertiary/aromatic N) is 5. The Balaban J connectivity index is 1.69. The first-order valence-corrected chi connectivity index (χ1v) is 9.87. The number of hydrogen-bond donors (Lipinski definition) is 0. The molecule has 1 amide bonds. The van der Waals surface area contributed by atoms with Crippen LogP contribution < -0.4 is 4.74 Å². The third-order valence-electron chi connectivity index (χ3n) is 5.11. The van der Waals surface area contributed by atoms with Gasteiger partial charge in [0.1, 0.15) is 11.4 Å². The molecule has 1 atom stereocenters. The van der Waals surface area contributed by atoms with Crippen molar-refractivity contribution in [3.63, 3.8) is 0 Å². The maximum Gasteiger partial charge on any atom is 0.290 e. The number of carbonyl (C=O) groups excluding carboxylic acids is 1. The lowest BCUT2D eigenvalue weighted by Gasteiger charge is -2.35. The zero-order valence-corrected chi connectivity index (χ0v) is 17.8. The molecule has 2 aromatic heterocycles. The minimum absolute atomic E-state index is 0.127. The Morgan fingerprint density at radius 2 is 2.10 bits per heavy atom. The van der Waals surface area contributed by atoms with Crippen LogP contribution in [0, 0.1) is 6.92 Å². The smallest absolute Gasteiger partial charge is 0.290 e. The van der Waals surface area contributed by atoms with Crippen LogP contribution >= 0.6 is 11.6 Å². The van der Waals surface area contributed by atoms with Gasteiger partial charge in [0.25, 0.3) is 5.91 Å². The van der Waals surface area contributed by atoms with Crippen molar-refractivity contribution in [2.75, 3.05) is 20.8 Å². The number of halogens is 1. The van der Waals surface area contributed by atoms with Crippen molar-refractivity contribution in [1.29, 1.82) is 0 Å². The molecule has 1 aromatic carbocycles. The topological polar surface area (TPSA) is 82.4 Å². The van der Waals surface area contributed by atoms with Gasteiger partial charge in [-0.1, -0.05) is 12.1 Å². The molecule has 0 bridgehead atoms. The lowest BCUT2D eigenvalue weighted by Crippen LogP contribution is -2.49. The molecule has 1 aliphatic heterocycles. The molecule has 0 saturated heterocycles. The van der Waals surface area contributed by atoms with Crippen molar-refractivity contribution in [1.82, 2.24) is 24.4 Å². The van der Waals surface area contributed by atoms with Gasteiger partial charge in [-0.15, -0.1) is 0 Å². The summed E-state index contributed by atoms with van der Waals surface area (Å²) >= 11 is 5.97. The summed E-state index contributed by atoms with van der Waals surface area (Å²) in [4.78, 5) is 28.0. The van der Waals surface area contributed by atoms with Gasteiger partial charge in [0, 0.05) is 32.6 Å². The van der Waals surface area contributed by atoms with Gasteiger partial charge in [0.05, 0.1) is 25.5 Å². The Bertz CT molecular complexity index is 1080. The van der Waals surface area contributed by atoms with Gasteiger partial charge in [-0.3, -0.25) is 4.79 Å². The summed E-state index contributed by atoms with van der Waals surface area (Å²) in [6, 6.07) is 7.56. The predicted octanol–water partition coefficient (Wildman–Crippen LogP) is 2.98. The second kappa shape index (κ2) is 8.41. The Kier molecular flexibility index (Phi) is 5.69. The fraction of sp³-hybridized carbons (Fsp3) is 0.333. The quantitative estimate of drug-likeness (QED) is 0.562. The minimum atomic E-state index is -0.157. The fourth-order valence-corrected chi connectivity index (χ4v) is 3.78.